The molecule has 5 heteroatoms. The van der Waals surface area contributed by atoms with Gasteiger partial charge in [-0.3, -0.25) is 4.57 Å². The van der Waals surface area contributed by atoms with Crippen LogP contribution >= 0.6 is 22.7 Å². The molecular weight excluding hydrogens is 623 g/mol. The lowest BCUT2D eigenvalue weighted by Crippen LogP contribution is -1.95. The molecule has 0 saturated heterocycles. The lowest BCUT2D eigenvalue weighted by Gasteiger charge is -2.09. The summed E-state index contributed by atoms with van der Waals surface area (Å²) in [5, 5.41) is 8.59. The predicted octanol–water partition coefficient (Wildman–Crippen LogP) is 12.5. The van der Waals surface area contributed by atoms with Crippen molar-refractivity contribution in [2.24, 2.45) is 0 Å². The highest BCUT2D eigenvalue weighted by molar-refractivity contribution is 7.28. The zero-order chi connectivity index (χ0) is 31.3. The van der Waals surface area contributed by atoms with Gasteiger partial charge in [-0.05, 0) is 54.1 Å². The summed E-state index contributed by atoms with van der Waals surface area (Å²) in [4.78, 5) is 5.41. The number of aromatic nitrogens is 3. The summed E-state index contributed by atoms with van der Waals surface area (Å²) in [6, 6.07) is 54.9. The van der Waals surface area contributed by atoms with E-state index < -0.39 is 0 Å². The number of fused-ring (bicyclic) bond motifs is 11. The second-order valence-corrected chi connectivity index (χ2v) is 14.4. The highest BCUT2D eigenvalue weighted by atomic mass is 32.1. The summed E-state index contributed by atoms with van der Waals surface area (Å²) in [5.41, 5.74) is 9.43. The Morgan fingerprint density at radius 2 is 1.02 bits per heavy atom. The molecule has 11 rings (SSSR count). The molecule has 48 heavy (non-hydrogen) atoms. The first-order chi connectivity index (χ1) is 23.8. The van der Waals surface area contributed by atoms with Gasteiger partial charge in [0, 0.05) is 53.0 Å². The molecule has 4 aromatic heterocycles. The molecule has 0 atom stereocenters. The Balaban J connectivity index is 1.20. The minimum atomic E-state index is 0.989. The summed E-state index contributed by atoms with van der Waals surface area (Å²) in [7, 11) is 0. The minimum absolute atomic E-state index is 0.989. The fourth-order valence-corrected chi connectivity index (χ4v) is 10.1. The van der Waals surface area contributed by atoms with Crippen LogP contribution in [0.15, 0.2) is 152 Å². The number of hydrogen-bond donors (Lipinski definition) is 0. The smallest absolute Gasteiger partial charge is 0.195 e. The molecule has 7 aromatic carbocycles. The monoisotopic (exact) mass is 647 g/mol. The van der Waals surface area contributed by atoms with Crippen molar-refractivity contribution in [1.82, 2.24) is 14.1 Å². The maximum absolute atomic E-state index is 5.41. The first-order valence-corrected chi connectivity index (χ1v) is 17.8. The molecule has 4 heterocycles. The van der Waals surface area contributed by atoms with Crippen LogP contribution < -0.4 is 0 Å². The molecule has 0 aliphatic heterocycles. The van der Waals surface area contributed by atoms with Crippen molar-refractivity contribution in [3.05, 3.63) is 152 Å². The summed E-state index contributed by atoms with van der Waals surface area (Å²) >= 11 is 3.68. The van der Waals surface area contributed by atoms with Gasteiger partial charge in [-0.15, -0.1) is 11.3 Å². The molecule has 3 nitrogen and oxygen atoms in total. The molecule has 0 spiro atoms. The zero-order valence-corrected chi connectivity index (χ0v) is 27.2. The van der Waals surface area contributed by atoms with Crippen LogP contribution in [0.4, 0.5) is 0 Å². The summed E-state index contributed by atoms with van der Waals surface area (Å²) in [6.07, 6.45) is 0. The van der Waals surface area contributed by atoms with Gasteiger partial charge in [-0.25, -0.2) is 4.98 Å². The van der Waals surface area contributed by atoms with Gasteiger partial charge in [-0.1, -0.05) is 114 Å². The lowest BCUT2D eigenvalue weighted by atomic mass is 10.0. The van der Waals surface area contributed by atoms with Gasteiger partial charge in [0.1, 0.15) is 0 Å². The Labute approximate surface area is 283 Å². The van der Waals surface area contributed by atoms with E-state index in [-0.39, 0.29) is 0 Å². The van der Waals surface area contributed by atoms with Crippen LogP contribution in [0.5, 0.6) is 0 Å². The van der Waals surface area contributed by atoms with E-state index >= 15 is 0 Å². The van der Waals surface area contributed by atoms with Gasteiger partial charge in [0.15, 0.2) is 5.13 Å². The fraction of sp³-hybridized carbons (Fsp3) is 0. The van der Waals surface area contributed by atoms with Crippen LogP contribution in [0.1, 0.15) is 0 Å². The molecular formula is C43H25N3S2. The quantitative estimate of drug-likeness (QED) is 0.187. The number of benzene rings is 7. The van der Waals surface area contributed by atoms with Gasteiger partial charge in [0.25, 0.3) is 0 Å². The molecule has 0 N–H and O–H groups in total. The summed E-state index contributed by atoms with van der Waals surface area (Å²) in [6.45, 7) is 0. The van der Waals surface area contributed by atoms with Crippen molar-refractivity contribution in [3.8, 4) is 21.9 Å². The molecule has 0 radical (unpaired) electrons. The van der Waals surface area contributed by atoms with Crippen LogP contribution in [-0.4, -0.2) is 14.1 Å². The van der Waals surface area contributed by atoms with Crippen LogP contribution in [0.25, 0.3) is 95.9 Å². The molecule has 0 aliphatic rings. The number of rotatable bonds is 3. The maximum Gasteiger partial charge on any atom is 0.195 e. The van der Waals surface area contributed by atoms with E-state index in [2.05, 4.69) is 161 Å². The standard InChI is InChI=1S/C43H25N3S2/c1-2-12-26(13-3-1)32-25-34-42(40-31-17-7-11-21-39(31)47-41(32)40)48-43(44-34)46-37-20-10-6-16-30(37)33-24-27(22-23-38(33)46)45-35-18-8-4-14-28(35)29-15-5-9-19-36(29)45/h1-25H. The van der Waals surface area contributed by atoms with Gasteiger partial charge in [-0.2, -0.15) is 0 Å². The second-order valence-electron chi connectivity index (χ2n) is 12.4. The van der Waals surface area contributed by atoms with Crippen molar-refractivity contribution >= 4 is 96.7 Å². The first-order valence-electron chi connectivity index (χ1n) is 16.1. The van der Waals surface area contributed by atoms with Crippen molar-refractivity contribution < 1.29 is 0 Å². The average molecular weight is 648 g/mol. The van der Waals surface area contributed by atoms with E-state index in [1.165, 1.54) is 74.1 Å². The van der Waals surface area contributed by atoms with E-state index in [0.717, 1.165) is 21.9 Å². The number of hydrogen-bond acceptors (Lipinski definition) is 3. The van der Waals surface area contributed by atoms with E-state index in [0.29, 0.717) is 0 Å². The Morgan fingerprint density at radius 1 is 0.438 bits per heavy atom. The molecule has 0 unspecified atom stereocenters. The van der Waals surface area contributed by atoms with Crippen molar-refractivity contribution in [1.29, 1.82) is 0 Å². The topological polar surface area (TPSA) is 22.8 Å². The maximum atomic E-state index is 5.41. The van der Waals surface area contributed by atoms with E-state index in [1.54, 1.807) is 11.3 Å². The SMILES string of the molecule is c1ccc(-c2cc3nc(-n4c5ccccc5c5cc(-n6c7ccccc7c7ccccc76)ccc54)sc3c3c2sc2ccccc23)cc1. The van der Waals surface area contributed by atoms with Crippen molar-refractivity contribution in [2.45, 2.75) is 0 Å². The Morgan fingerprint density at radius 3 is 1.75 bits per heavy atom. The van der Waals surface area contributed by atoms with Crippen LogP contribution in [0.2, 0.25) is 0 Å². The van der Waals surface area contributed by atoms with E-state index in [9.17, 15) is 0 Å². The summed E-state index contributed by atoms with van der Waals surface area (Å²) < 4.78 is 8.64. The molecule has 0 amide bonds. The molecule has 0 fully saturated rings. The Kier molecular flexibility index (Phi) is 5.42. The highest BCUT2D eigenvalue weighted by Gasteiger charge is 2.21. The van der Waals surface area contributed by atoms with Crippen molar-refractivity contribution in [2.75, 3.05) is 0 Å². The molecule has 0 bridgehead atoms. The summed E-state index contributed by atoms with van der Waals surface area (Å²) in [5.74, 6) is 0. The largest absolute Gasteiger partial charge is 0.309 e. The van der Waals surface area contributed by atoms with Crippen LogP contribution in [-0.2, 0) is 0 Å². The molecule has 0 aliphatic carbocycles. The fourth-order valence-electron chi connectivity index (χ4n) is 7.69. The van der Waals surface area contributed by atoms with E-state index in [4.69, 9.17) is 4.98 Å². The van der Waals surface area contributed by atoms with Gasteiger partial charge >= 0.3 is 0 Å². The normalized spacial score (nSPS) is 12.2. The number of thiophene rings is 1. The third-order valence-electron chi connectivity index (χ3n) is 9.76. The zero-order valence-electron chi connectivity index (χ0n) is 25.6. The molecule has 0 saturated carbocycles. The lowest BCUT2D eigenvalue weighted by molar-refractivity contribution is 1.14. The van der Waals surface area contributed by atoms with E-state index in [1.807, 2.05) is 11.3 Å². The third-order valence-corrected chi connectivity index (χ3v) is 12.0. The van der Waals surface area contributed by atoms with Gasteiger partial charge in [0.05, 0.1) is 32.3 Å². The van der Waals surface area contributed by atoms with Gasteiger partial charge < -0.3 is 4.57 Å². The first kappa shape index (κ1) is 26.3. The van der Waals surface area contributed by atoms with Crippen molar-refractivity contribution in [3.63, 3.8) is 0 Å². The van der Waals surface area contributed by atoms with Crippen LogP contribution in [0.3, 0.4) is 0 Å². The predicted molar refractivity (Wildman–Crippen MR) is 207 cm³/mol. The number of thiazole rings is 1. The molecule has 11 aromatic rings. The third kappa shape index (κ3) is 3.60. The minimum Gasteiger partial charge on any atom is -0.309 e. The number of para-hydroxylation sites is 3. The highest BCUT2D eigenvalue weighted by Crippen LogP contribution is 2.47. The molecule has 224 valence electrons. The second kappa shape index (κ2) is 9.88. The average Bonchev–Trinajstić information content (AvgIpc) is 3.90. The Bertz CT molecular complexity index is 3010. The Hall–Kier alpha value is -5.75. The number of nitrogens with zero attached hydrogens (tertiary/aromatic N) is 3. The van der Waals surface area contributed by atoms with Gasteiger partial charge in [0.2, 0.25) is 0 Å². The van der Waals surface area contributed by atoms with Crippen LogP contribution in [0, 0.1) is 0 Å².